The van der Waals surface area contributed by atoms with Crippen molar-refractivity contribution in [2.45, 2.75) is 31.6 Å². The zero-order valence-corrected chi connectivity index (χ0v) is 20.1. The molecule has 0 bridgehead atoms. The number of nitrogens with zero attached hydrogens (tertiary/aromatic N) is 5. The van der Waals surface area contributed by atoms with Crippen LogP contribution in [0.2, 0.25) is 5.02 Å². The van der Waals surface area contributed by atoms with Crippen LogP contribution in [0.15, 0.2) is 36.7 Å². The molecule has 2 amide bonds. The van der Waals surface area contributed by atoms with Crippen molar-refractivity contribution < 1.29 is 22.8 Å². The van der Waals surface area contributed by atoms with Crippen molar-refractivity contribution in [1.29, 1.82) is 0 Å². The van der Waals surface area contributed by atoms with Gasteiger partial charge in [0.05, 0.1) is 23.3 Å². The van der Waals surface area contributed by atoms with Gasteiger partial charge >= 0.3 is 6.18 Å². The average molecular weight is 509 g/mol. The van der Waals surface area contributed by atoms with E-state index in [9.17, 15) is 22.8 Å². The summed E-state index contributed by atoms with van der Waals surface area (Å²) in [6, 6.07) is 4.63. The highest BCUT2D eigenvalue weighted by Gasteiger charge is 2.36. The summed E-state index contributed by atoms with van der Waals surface area (Å²) in [7, 11) is 3.35. The molecule has 12 heteroatoms. The number of amides is 2. The Hall–Kier alpha value is -3.34. The Bertz CT molecular complexity index is 1280. The number of fused-ring (bicyclic) bond motifs is 1. The molecule has 1 aliphatic rings. The van der Waals surface area contributed by atoms with Gasteiger partial charge in [0.2, 0.25) is 5.91 Å². The number of nitrogens with one attached hydrogen (secondary N) is 1. The minimum atomic E-state index is -4.64. The fourth-order valence-corrected chi connectivity index (χ4v) is 4.47. The Morgan fingerprint density at radius 3 is 2.60 bits per heavy atom. The predicted octanol–water partition coefficient (Wildman–Crippen LogP) is 3.81. The van der Waals surface area contributed by atoms with Gasteiger partial charge < -0.3 is 15.1 Å². The molecule has 2 aromatic heterocycles. The Kier molecular flexibility index (Phi) is 6.63. The van der Waals surface area contributed by atoms with Crippen LogP contribution < -0.4 is 5.32 Å². The number of likely N-dealkylation sites (N-methyl/N-ethyl adjacent to an activating group) is 1. The molecule has 1 fully saturated rings. The third-order valence-corrected chi connectivity index (χ3v) is 6.35. The number of piperidine rings is 1. The number of carbonyl (C=O) groups excluding carboxylic acids is 2. The number of halogens is 4. The molecule has 1 aromatic carbocycles. The summed E-state index contributed by atoms with van der Waals surface area (Å²) >= 11 is 6.11. The number of hydrogen-bond donors (Lipinski definition) is 1. The van der Waals surface area contributed by atoms with Gasteiger partial charge in [-0.3, -0.25) is 14.3 Å². The molecule has 0 spiro atoms. The third kappa shape index (κ3) is 5.34. The molecule has 35 heavy (non-hydrogen) atoms. The fraction of sp³-hybridized carbons (Fsp3) is 0.391. The van der Waals surface area contributed by atoms with E-state index in [0.717, 1.165) is 6.07 Å². The fourth-order valence-electron chi connectivity index (χ4n) is 4.30. The highest BCUT2D eigenvalue weighted by molar-refractivity contribution is 6.31. The van der Waals surface area contributed by atoms with Crippen molar-refractivity contribution in [3.05, 3.63) is 52.9 Å². The molecule has 0 radical (unpaired) electrons. The van der Waals surface area contributed by atoms with E-state index in [4.69, 9.17) is 11.6 Å². The number of hydrogen-bond acceptors (Lipinski definition) is 5. The summed E-state index contributed by atoms with van der Waals surface area (Å²) in [6.45, 7) is 2.00. The van der Waals surface area contributed by atoms with Crippen LogP contribution in [-0.4, -0.2) is 68.6 Å². The van der Waals surface area contributed by atoms with E-state index in [1.165, 1.54) is 29.9 Å². The van der Waals surface area contributed by atoms with Gasteiger partial charge in [-0.05, 0) is 30.7 Å². The number of aryl methyl sites for hydroxylation is 1. The highest BCUT2D eigenvalue weighted by Crippen LogP contribution is 2.35. The number of pyridine rings is 1. The molecule has 0 saturated carbocycles. The highest BCUT2D eigenvalue weighted by atomic mass is 35.5. The molecule has 3 aromatic rings. The first-order valence-corrected chi connectivity index (χ1v) is 11.3. The molecule has 1 aliphatic heterocycles. The SMILES string of the molecule is CC(=O)N1C[C@H](Nc2cc(C(F)(F)F)nc3ccc(Cl)cc23)C[C@H](N(C)C(=O)c2cnn(C)c2)C1. The van der Waals surface area contributed by atoms with E-state index >= 15 is 0 Å². The molecule has 1 saturated heterocycles. The predicted molar refractivity (Wildman–Crippen MR) is 125 cm³/mol. The Balaban J connectivity index is 1.65. The molecular weight excluding hydrogens is 485 g/mol. The molecule has 0 aliphatic carbocycles. The summed E-state index contributed by atoms with van der Waals surface area (Å²) in [6.07, 6.45) is -1.16. The number of alkyl halides is 3. The molecule has 0 unspecified atom stereocenters. The van der Waals surface area contributed by atoms with Crippen LogP contribution in [-0.2, 0) is 18.0 Å². The first kappa shape index (κ1) is 24.8. The zero-order chi connectivity index (χ0) is 25.5. The van der Waals surface area contributed by atoms with E-state index < -0.39 is 17.9 Å². The van der Waals surface area contributed by atoms with Crippen molar-refractivity contribution in [1.82, 2.24) is 24.6 Å². The standard InChI is InChI=1S/C23H24ClF3N6O2/c1-13(34)33-11-16(7-17(12-33)32(3)22(35)14-9-28-31(2)10-14)29-20-8-21(23(25,26)27)30-19-5-4-15(24)6-18(19)20/h4-6,8-10,16-17H,7,11-12H2,1-3H3,(H,29,30)/t16-,17+/m1/s1. The number of aromatic nitrogens is 3. The number of benzene rings is 1. The van der Waals surface area contributed by atoms with E-state index in [-0.39, 0.29) is 35.6 Å². The van der Waals surface area contributed by atoms with Gasteiger partial charge in [0.25, 0.3) is 5.91 Å². The van der Waals surface area contributed by atoms with Gasteiger partial charge in [-0.25, -0.2) is 4.98 Å². The van der Waals surface area contributed by atoms with Crippen LogP contribution in [0.25, 0.3) is 10.9 Å². The normalized spacial score (nSPS) is 18.5. The van der Waals surface area contributed by atoms with Crippen LogP contribution in [0.1, 0.15) is 29.4 Å². The number of rotatable bonds is 4. The monoisotopic (exact) mass is 508 g/mol. The number of anilines is 1. The maximum absolute atomic E-state index is 13.5. The van der Waals surface area contributed by atoms with E-state index in [0.29, 0.717) is 28.9 Å². The second-order valence-electron chi connectivity index (χ2n) is 8.69. The van der Waals surface area contributed by atoms with Crippen LogP contribution >= 0.6 is 11.6 Å². The maximum Gasteiger partial charge on any atom is 0.433 e. The number of carbonyl (C=O) groups is 2. The molecule has 8 nitrogen and oxygen atoms in total. The molecule has 4 rings (SSSR count). The molecule has 3 heterocycles. The molecule has 186 valence electrons. The zero-order valence-electron chi connectivity index (χ0n) is 19.3. The second kappa shape index (κ2) is 9.37. The molecular formula is C23H24ClF3N6O2. The smallest absolute Gasteiger partial charge is 0.380 e. The summed E-state index contributed by atoms with van der Waals surface area (Å²) in [5, 5.41) is 7.99. The van der Waals surface area contributed by atoms with Gasteiger partial charge in [0, 0.05) is 62.4 Å². The van der Waals surface area contributed by atoms with Gasteiger partial charge in [0.15, 0.2) is 0 Å². The lowest BCUT2D eigenvalue weighted by Crippen LogP contribution is -2.56. The lowest BCUT2D eigenvalue weighted by Gasteiger charge is -2.41. The van der Waals surface area contributed by atoms with E-state index in [1.807, 2.05) is 0 Å². The molecule has 1 N–H and O–H groups in total. The second-order valence-corrected chi connectivity index (χ2v) is 9.12. The first-order chi connectivity index (χ1) is 16.4. The lowest BCUT2D eigenvalue weighted by atomic mass is 9.98. The van der Waals surface area contributed by atoms with Crippen LogP contribution in [0.5, 0.6) is 0 Å². The van der Waals surface area contributed by atoms with Crippen LogP contribution in [0.4, 0.5) is 18.9 Å². The molecule has 2 atom stereocenters. The topological polar surface area (TPSA) is 83.4 Å². The summed E-state index contributed by atoms with van der Waals surface area (Å²) in [5.41, 5.74) is -0.273. The maximum atomic E-state index is 13.5. The van der Waals surface area contributed by atoms with Crippen LogP contribution in [0.3, 0.4) is 0 Å². The van der Waals surface area contributed by atoms with Crippen molar-refractivity contribution in [3.63, 3.8) is 0 Å². The van der Waals surface area contributed by atoms with E-state index in [2.05, 4.69) is 15.4 Å². The summed E-state index contributed by atoms with van der Waals surface area (Å²) < 4.78 is 42.1. The van der Waals surface area contributed by atoms with Crippen molar-refractivity contribution in [2.24, 2.45) is 7.05 Å². The van der Waals surface area contributed by atoms with Crippen molar-refractivity contribution in [2.75, 3.05) is 25.5 Å². The van der Waals surface area contributed by atoms with Gasteiger partial charge in [-0.1, -0.05) is 11.6 Å². The summed E-state index contributed by atoms with van der Waals surface area (Å²) in [5.74, 6) is -0.449. The largest absolute Gasteiger partial charge is 0.433 e. The van der Waals surface area contributed by atoms with Gasteiger partial charge in [0.1, 0.15) is 5.69 Å². The lowest BCUT2D eigenvalue weighted by molar-refractivity contribution is -0.140. The van der Waals surface area contributed by atoms with Gasteiger partial charge in [-0.15, -0.1) is 0 Å². The van der Waals surface area contributed by atoms with Crippen LogP contribution in [0, 0.1) is 0 Å². The minimum Gasteiger partial charge on any atom is -0.380 e. The quantitative estimate of drug-likeness (QED) is 0.579. The number of likely N-dealkylation sites (tertiary alicyclic amines) is 1. The Labute approximate surface area is 204 Å². The van der Waals surface area contributed by atoms with Crippen molar-refractivity contribution >= 4 is 40.0 Å². The van der Waals surface area contributed by atoms with E-state index in [1.54, 1.807) is 36.2 Å². The Morgan fingerprint density at radius 1 is 1.23 bits per heavy atom. The summed E-state index contributed by atoms with van der Waals surface area (Å²) in [4.78, 5) is 32.1. The third-order valence-electron chi connectivity index (χ3n) is 6.11. The minimum absolute atomic E-state index is 0.145. The Morgan fingerprint density at radius 2 is 1.97 bits per heavy atom. The van der Waals surface area contributed by atoms with Gasteiger partial charge in [-0.2, -0.15) is 18.3 Å². The first-order valence-electron chi connectivity index (χ1n) is 10.9. The average Bonchev–Trinajstić information content (AvgIpc) is 3.23. The van der Waals surface area contributed by atoms with Crippen molar-refractivity contribution in [3.8, 4) is 0 Å².